The van der Waals surface area contributed by atoms with Crippen molar-refractivity contribution in [1.29, 1.82) is 0 Å². The Labute approximate surface area is 117 Å². The molecule has 0 amide bonds. The number of ether oxygens (including phenoxy) is 1. The van der Waals surface area contributed by atoms with Crippen LogP contribution < -0.4 is 4.74 Å². The molecule has 0 N–H and O–H groups in total. The van der Waals surface area contributed by atoms with Crippen LogP contribution in [0.5, 0.6) is 5.75 Å². The Morgan fingerprint density at radius 3 is 2.37 bits per heavy atom. The Kier molecular flexibility index (Phi) is 4.47. The van der Waals surface area contributed by atoms with E-state index in [2.05, 4.69) is 63.3 Å². The topological polar surface area (TPSA) is 9.23 Å². The van der Waals surface area contributed by atoms with Gasteiger partial charge in [0.15, 0.2) is 0 Å². The molecule has 1 aromatic carbocycles. The molecule has 0 atom stereocenters. The van der Waals surface area contributed by atoms with Crippen LogP contribution in [0.3, 0.4) is 0 Å². The maximum Gasteiger partial charge on any atom is 0.127 e. The van der Waals surface area contributed by atoms with E-state index in [-0.39, 0.29) is 0 Å². The molecule has 0 saturated carbocycles. The number of hydrogen-bond donors (Lipinski definition) is 0. The molecule has 0 heterocycles. The van der Waals surface area contributed by atoms with Crippen molar-refractivity contribution in [2.75, 3.05) is 0 Å². The molecule has 0 unspecified atom stereocenters. The summed E-state index contributed by atoms with van der Waals surface area (Å²) in [4.78, 5) is 0. The first-order valence-electron chi connectivity index (χ1n) is 7.16. The fourth-order valence-corrected chi connectivity index (χ4v) is 2.04. The second kappa shape index (κ2) is 6.10. The highest BCUT2D eigenvalue weighted by Crippen LogP contribution is 2.23. The number of aryl methyl sites for hydroxylation is 1. The van der Waals surface area contributed by atoms with Crippen molar-refractivity contribution in [3.05, 3.63) is 53.8 Å². The van der Waals surface area contributed by atoms with Gasteiger partial charge in [-0.3, -0.25) is 0 Å². The number of allylic oxidation sites excluding steroid dienone is 3. The minimum absolute atomic E-state index is 0.396. The maximum absolute atomic E-state index is 5.83. The van der Waals surface area contributed by atoms with Gasteiger partial charge in [-0.25, -0.2) is 0 Å². The van der Waals surface area contributed by atoms with E-state index in [0.717, 1.165) is 30.8 Å². The average molecular weight is 256 g/mol. The van der Waals surface area contributed by atoms with Crippen molar-refractivity contribution in [3.63, 3.8) is 0 Å². The van der Waals surface area contributed by atoms with Crippen LogP contribution >= 0.6 is 0 Å². The Bertz CT molecular complexity index is 457. The summed E-state index contributed by atoms with van der Waals surface area (Å²) >= 11 is 0. The fraction of sp³-hybridized carbons (Fsp3) is 0.444. The molecule has 102 valence electrons. The molecule has 0 spiro atoms. The van der Waals surface area contributed by atoms with Crippen LogP contribution in [0.4, 0.5) is 0 Å². The molecule has 0 fully saturated rings. The summed E-state index contributed by atoms with van der Waals surface area (Å²) in [5.74, 6) is 1.89. The first-order valence-corrected chi connectivity index (χ1v) is 7.16. The highest BCUT2D eigenvalue weighted by atomic mass is 16.5. The minimum Gasteiger partial charge on any atom is -0.458 e. The summed E-state index contributed by atoms with van der Waals surface area (Å²) in [6, 6.07) is 8.49. The Hall–Kier alpha value is -1.50. The standard InChI is InChI=1S/C18H24O/c1-18(2,3)14-13-15-9-11-17(12-10-15)19-16-7-5-4-6-8-16/h5,7-12H,4,6,13-14H2,1-3H3. The third-order valence-corrected chi connectivity index (χ3v) is 3.28. The summed E-state index contributed by atoms with van der Waals surface area (Å²) in [6.45, 7) is 6.85. The third kappa shape index (κ3) is 4.94. The normalized spacial score (nSPS) is 15.2. The molecule has 0 aromatic heterocycles. The zero-order valence-corrected chi connectivity index (χ0v) is 12.3. The summed E-state index contributed by atoms with van der Waals surface area (Å²) in [6.07, 6.45) is 10.9. The summed E-state index contributed by atoms with van der Waals surface area (Å²) < 4.78 is 5.83. The van der Waals surface area contributed by atoms with E-state index >= 15 is 0 Å². The van der Waals surface area contributed by atoms with Crippen LogP contribution in [0.1, 0.15) is 45.6 Å². The fourth-order valence-electron chi connectivity index (χ4n) is 2.04. The largest absolute Gasteiger partial charge is 0.458 e. The van der Waals surface area contributed by atoms with Gasteiger partial charge in [0.25, 0.3) is 0 Å². The van der Waals surface area contributed by atoms with Gasteiger partial charge in [0.1, 0.15) is 11.5 Å². The molecule has 2 rings (SSSR count). The Morgan fingerprint density at radius 1 is 1.05 bits per heavy atom. The zero-order valence-electron chi connectivity index (χ0n) is 12.3. The van der Waals surface area contributed by atoms with Crippen LogP contribution in [-0.2, 0) is 6.42 Å². The lowest BCUT2D eigenvalue weighted by atomic mass is 9.89. The quantitative estimate of drug-likeness (QED) is 0.712. The molecular formula is C18H24O. The van der Waals surface area contributed by atoms with Gasteiger partial charge in [-0.1, -0.05) is 39.0 Å². The van der Waals surface area contributed by atoms with Gasteiger partial charge in [-0.05, 0) is 60.9 Å². The molecule has 1 heteroatoms. The third-order valence-electron chi connectivity index (χ3n) is 3.28. The van der Waals surface area contributed by atoms with Gasteiger partial charge in [-0.2, -0.15) is 0 Å². The Morgan fingerprint density at radius 2 is 1.79 bits per heavy atom. The van der Waals surface area contributed by atoms with Crippen LogP contribution in [-0.4, -0.2) is 0 Å². The molecule has 0 saturated heterocycles. The minimum atomic E-state index is 0.396. The lowest BCUT2D eigenvalue weighted by Gasteiger charge is -2.17. The number of benzene rings is 1. The molecule has 1 nitrogen and oxygen atoms in total. The van der Waals surface area contributed by atoms with E-state index in [1.54, 1.807) is 0 Å². The molecule has 1 aliphatic carbocycles. The van der Waals surface area contributed by atoms with Crippen molar-refractivity contribution in [2.24, 2.45) is 5.41 Å². The van der Waals surface area contributed by atoms with Crippen LogP contribution in [0.2, 0.25) is 0 Å². The lowest BCUT2D eigenvalue weighted by molar-refractivity contribution is 0.378. The summed E-state index contributed by atoms with van der Waals surface area (Å²) in [5, 5.41) is 0. The Balaban J connectivity index is 1.91. The highest BCUT2D eigenvalue weighted by molar-refractivity contribution is 5.31. The van der Waals surface area contributed by atoms with E-state index in [1.807, 2.05) is 0 Å². The predicted octanol–water partition coefficient (Wildman–Crippen LogP) is 5.28. The van der Waals surface area contributed by atoms with E-state index in [0.29, 0.717) is 5.41 Å². The van der Waals surface area contributed by atoms with Crippen LogP contribution in [0.25, 0.3) is 0 Å². The van der Waals surface area contributed by atoms with Crippen molar-refractivity contribution in [3.8, 4) is 5.75 Å². The molecule has 1 aromatic rings. The van der Waals surface area contributed by atoms with Gasteiger partial charge in [0.2, 0.25) is 0 Å². The van der Waals surface area contributed by atoms with E-state index in [1.165, 1.54) is 12.0 Å². The summed E-state index contributed by atoms with van der Waals surface area (Å²) in [5.41, 5.74) is 1.78. The van der Waals surface area contributed by atoms with Crippen molar-refractivity contribution in [1.82, 2.24) is 0 Å². The lowest BCUT2D eigenvalue weighted by Crippen LogP contribution is -2.06. The van der Waals surface area contributed by atoms with Crippen molar-refractivity contribution < 1.29 is 4.74 Å². The molecule has 19 heavy (non-hydrogen) atoms. The van der Waals surface area contributed by atoms with Gasteiger partial charge in [0, 0.05) is 0 Å². The zero-order chi connectivity index (χ0) is 13.7. The van der Waals surface area contributed by atoms with Gasteiger partial charge < -0.3 is 4.74 Å². The van der Waals surface area contributed by atoms with Gasteiger partial charge >= 0.3 is 0 Å². The number of rotatable bonds is 4. The average Bonchev–Trinajstić information content (AvgIpc) is 2.38. The SMILES string of the molecule is CC(C)(C)CCc1ccc(OC2=CCCC=C2)cc1. The first kappa shape index (κ1) is 13.9. The van der Waals surface area contributed by atoms with Crippen molar-refractivity contribution >= 4 is 0 Å². The molecular weight excluding hydrogens is 232 g/mol. The molecule has 0 aliphatic heterocycles. The smallest absolute Gasteiger partial charge is 0.127 e. The molecule has 0 radical (unpaired) electrons. The van der Waals surface area contributed by atoms with E-state index < -0.39 is 0 Å². The molecule has 1 aliphatic rings. The number of hydrogen-bond acceptors (Lipinski definition) is 1. The first-order chi connectivity index (χ1) is 9.03. The van der Waals surface area contributed by atoms with Gasteiger partial charge in [-0.15, -0.1) is 0 Å². The van der Waals surface area contributed by atoms with E-state index in [4.69, 9.17) is 4.74 Å². The second-order valence-electron chi connectivity index (χ2n) is 6.39. The predicted molar refractivity (Wildman–Crippen MR) is 81.3 cm³/mol. The molecule has 0 bridgehead atoms. The van der Waals surface area contributed by atoms with Gasteiger partial charge in [0.05, 0.1) is 0 Å². The van der Waals surface area contributed by atoms with Crippen LogP contribution in [0.15, 0.2) is 48.3 Å². The highest BCUT2D eigenvalue weighted by Gasteiger charge is 2.10. The van der Waals surface area contributed by atoms with E-state index in [9.17, 15) is 0 Å². The second-order valence-corrected chi connectivity index (χ2v) is 6.39. The van der Waals surface area contributed by atoms with Crippen LogP contribution in [0, 0.1) is 5.41 Å². The maximum atomic E-state index is 5.83. The monoisotopic (exact) mass is 256 g/mol. The summed E-state index contributed by atoms with van der Waals surface area (Å²) in [7, 11) is 0. The van der Waals surface area contributed by atoms with Crippen molar-refractivity contribution in [2.45, 2.75) is 46.5 Å².